The Kier molecular flexibility index (Phi) is 5.75. The van der Waals surface area contributed by atoms with Crippen LogP contribution in [0.1, 0.15) is 18.9 Å². The lowest BCUT2D eigenvalue weighted by molar-refractivity contribution is 0.157. The number of ether oxygens (including phenoxy) is 1. The van der Waals surface area contributed by atoms with Crippen molar-refractivity contribution in [2.45, 2.75) is 24.8 Å². The van der Waals surface area contributed by atoms with Crippen molar-refractivity contribution in [2.24, 2.45) is 5.92 Å². The molecule has 1 aromatic carbocycles. The number of nitrogens with zero attached hydrogens (tertiary/aromatic N) is 1. The lowest BCUT2D eigenvalue weighted by Crippen LogP contribution is -2.29. The van der Waals surface area contributed by atoms with Crippen LogP contribution in [0.5, 0.6) is 0 Å². The Morgan fingerprint density at radius 3 is 2.67 bits per heavy atom. The van der Waals surface area contributed by atoms with E-state index in [1.807, 2.05) is 19.1 Å². The first-order valence-corrected chi connectivity index (χ1v) is 8.80. The number of hydrogen-bond acceptors (Lipinski definition) is 4. The zero-order chi connectivity index (χ0) is 15.3. The summed E-state index contributed by atoms with van der Waals surface area (Å²) in [6.45, 7) is 5.45. The van der Waals surface area contributed by atoms with Crippen LogP contribution in [0.4, 0.5) is 0 Å². The fraction of sp³-hybridized carbons (Fsp3) is 0.600. The lowest BCUT2D eigenvalue weighted by atomic mass is 10.1. The van der Waals surface area contributed by atoms with Crippen molar-refractivity contribution in [3.05, 3.63) is 29.8 Å². The van der Waals surface area contributed by atoms with Gasteiger partial charge in [0.05, 0.1) is 11.5 Å². The molecule has 1 fully saturated rings. The highest BCUT2D eigenvalue weighted by Gasteiger charge is 2.32. The van der Waals surface area contributed by atoms with E-state index in [9.17, 15) is 8.42 Å². The molecule has 1 aromatic rings. The second-order valence-corrected chi connectivity index (χ2v) is 7.34. The molecule has 6 heteroatoms. The molecule has 2 rings (SSSR count). The number of sulfonamides is 1. The topological polar surface area (TPSA) is 58.6 Å². The Balaban J connectivity index is 2.06. The molecule has 0 spiro atoms. The molecule has 1 aliphatic rings. The maximum atomic E-state index is 12.6. The van der Waals surface area contributed by atoms with Crippen LogP contribution >= 0.6 is 0 Å². The summed E-state index contributed by atoms with van der Waals surface area (Å²) in [5.41, 5.74) is 1.09. The molecule has 1 atom stereocenters. The van der Waals surface area contributed by atoms with E-state index in [1.165, 1.54) is 0 Å². The van der Waals surface area contributed by atoms with Gasteiger partial charge in [-0.1, -0.05) is 19.1 Å². The number of rotatable bonds is 7. The molecule has 1 saturated heterocycles. The largest absolute Gasteiger partial charge is 0.384 e. The van der Waals surface area contributed by atoms with Gasteiger partial charge in [0, 0.05) is 26.7 Å². The Labute approximate surface area is 127 Å². The van der Waals surface area contributed by atoms with Gasteiger partial charge in [-0.15, -0.1) is 0 Å². The minimum Gasteiger partial charge on any atom is -0.384 e. The highest BCUT2D eigenvalue weighted by molar-refractivity contribution is 7.89. The summed E-state index contributed by atoms with van der Waals surface area (Å²) >= 11 is 0. The van der Waals surface area contributed by atoms with E-state index in [-0.39, 0.29) is 0 Å². The zero-order valence-electron chi connectivity index (χ0n) is 12.7. The van der Waals surface area contributed by atoms with Crippen molar-refractivity contribution < 1.29 is 13.2 Å². The third kappa shape index (κ3) is 4.03. The summed E-state index contributed by atoms with van der Waals surface area (Å²) in [7, 11) is -1.72. The van der Waals surface area contributed by atoms with Crippen LogP contribution in [0.2, 0.25) is 0 Å². The van der Waals surface area contributed by atoms with Gasteiger partial charge in [-0.05, 0) is 36.6 Å². The van der Waals surface area contributed by atoms with E-state index >= 15 is 0 Å². The maximum Gasteiger partial charge on any atom is 0.243 e. The van der Waals surface area contributed by atoms with Crippen LogP contribution in [0.15, 0.2) is 29.2 Å². The monoisotopic (exact) mass is 312 g/mol. The first kappa shape index (κ1) is 16.4. The minimum atomic E-state index is -3.37. The first-order chi connectivity index (χ1) is 10.1. The fourth-order valence-corrected chi connectivity index (χ4v) is 4.12. The summed E-state index contributed by atoms with van der Waals surface area (Å²) < 4.78 is 31.8. The molecule has 1 heterocycles. The molecule has 0 saturated carbocycles. The molecule has 1 unspecified atom stereocenters. The number of hydrogen-bond donors (Lipinski definition) is 1. The SMILES string of the molecule is CCNCc1ccc(S(=O)(=O)N2CCC(COC)C2)cc1. The molecule has 1 N–H and O–H groups in total. The zero-order valence-corrected chi connectivity index (χ0v) is 13.5. The van der Waals surface area contributed by atoms with Crippen LogP contribution in [-0.2, 0) is 21.3 Å². The van der Waals surface area contributed by atoms with Gasteiger partial charge in [0.2, 0.25) is 10.0 Å². The lowest BCUT2D eigenvalue weighted by Gasteiger charge is -2.17. The summed E-state index contributed by atoms with van der Waals surface area (Å²) in [4.78, 5) is 0.376. The highest BCUT2D eigenvalue weighted by Crippen LogP contribution is 2.24. The predicted octanol–water partition coefficient (Wildman–Crippen LogP) is 1.45. The van der Waals surface area contributed by atoms with Gasteiger partial charge in [-0.2, -0.15) is 4.31 Å². The van der Waals surface area contributed by atoms with E-state index < -0.39 is 10.0 Å². The second-order valence-electron chi connectivity index (χ2n) is 5.40. The first-order valence-electron chi connectivity index (χ1n) is 7.36. The Hall–Kier alpha value is -0.950. The molecule has 21 heavy (non-hydrogen) atoms. The normalized spacial score (nSPS) is 20.0. The van der Waals surface area contributed by atoms with Crippen LogP contribution in [0.3, 0.4) is 0 Å². The number of benzene rings is 1. The quantitative estimate of drug-likeness (QED) is 0.828. The summed E-state index contributed by atoms with van der Waals surface area (Å²) in [5.74, 6) is 0.304. The molecule has 1 aliphatic heterocycles. The highest BCUT2D eigenvalue weighted by atomic mass is 32.2. The molecule has 0 aromatic heterocycles. The second kappa shape index (κ2) is 7.35. The van der Waals surface area contributed by atoms with Crippen molar-refractivity contribution in [1.82, 2.24) is 9.62 Å². The van der Waals surface area contributed by atoms with Crippen molar-refractivity contribution in [3.8, 4) is 0 Å². The van der Waals surface area contributed by atoms with Crippen LogP contribution in [0, 0.1) is 5.92 Å². The molecule has 0 aliphatic carbocycles. The van der Waals surface area contributed by atoms with E-state index in [2.05, 4.69) is 5.32 Å². The minimum absolute atomic E-state index is 0.304. The van der Waals surface area contributed by atoms with Gasteiger partial charge in [-0.25, -0.2) is 8.42 Å². The molecule has 118 valence electrons. The maximum absolute atomic E-state index is 12.6. The molecule has 5 nitrogen and oxygen atoms in total. The van der Waals surface area contributed by atoms with Gasteiger partial charge in [-0.3, -0.25) is 0 Å². The van der Waals surface area contributed by atoms with Crippen molar-refractivity contribution in [3.63, 3.8) is 0 Å². The van der Waals surface area contributed by atoms with Crippen molar-refractivity contribution >= 4 is 10.0 Å². The number of nitrogens with one attached hydrogen (secondary N) is 1. The van der Waals surface area contributed by atoms with E-state index in [1.54, 1.807) is 23.5 Å². The molecule has 0 amide bonds. The standard InChI is InChI=1S/C15H24N2O3S/c1-3-16-10-13-4-6-15(7-5-13)21(18,19)17-9-8-14(11-17)12-20-2/h4-7,14,16H,3,8-12H2,1-2H3. The summed E-state index contributed by atoms with van der Waals surface area (Å²) in [5, 5.41) is 3.22. The molecular weight excluding hydrogens is 288 g/mol. The van der Waals surface area contributed by atoms with Gasteiger partial charge in [0.1, 0.15) is 0 Å². The predicted molar refractivity (Wildman–Crippen MR) is 82.6 cm³/mol. The van der Waals surface area contributed by atoms with Crippen LogP contribution in [-0.4, -0.2) is 46.1 Å². The van der Waals surface area contributed by atoms with E-state index in [0.29, 0.717) is 30.5 Å². The third-order valence-electron chi connectivity index (χ3n) is 3.79. The average molecular weight is 312 g/mol. The Morgan fingerprint density at radius 2 is 2.05 bits per heavy atom. The smallest absolute Gasteiger partial charge is 0.243 e. The van der Waals surface area contributed by atoms with E-state index in [4.69, 9.17) is 4.74 Å². The fourth-order valence-electron chi connectivity index (χ4n) is 2.58. The molecular formula is C15H24N2O3S. The van der Waals surface area contributed by atoms with Crippen LogP contribution in [0.25, 0.3) is 0 Å². The van der Waals surface area contributed by atoms with Crippen molar-refractivity contribution in [2.75, 3.05) is 33.4 Å². The van der Waals surface area contributed by atoms with Crippen molar-refractivity contribution in [1.29, 1.82) is 0 Å². The Bertz CT molecular complexity index is 543. The van der Waals surface area contributed by atoms with Gasteiger partial charge in [0.15, 0.2) is 0 Å². The van der Waals surface area contributed by atoms with Crippen LogP contribution < -0.4 is 5.32 Å². The van der Waals surface area contributed by atoms with E-state index in [0.717, 1.165) is 25.1 Å². The molecule has 0 radical (unpaired) electrons. The summed E-state index contributed by atoms with van der Waals surface area (Å²) in [6.07, 6.45) is 0.867. The van der Waals surface area contributed by atoms with Gasteiger partial charge < -0.3 is 10.1 Å². The number of methoxy groups -OCH3 is 1. The molecule has 0 bridgehead atoms. The summed E-state index contributed by atoms with van der Waals surface area (Å²) in [6, 6.07) is 7.15. The Morgan fingerprint density at radius 1 is 1.33 bits per heavy atom. The third-order valence-corrected chi connectivity index (χ3v) is 5.67. The van der Waals surface area contributed by atoms with Gasteiger partial charge >= 0.3 is 0 Å². The van der Waals surface area contributed by atoms with Gasteiger partial charge in [0.25, 0.3) is 0 Å². The average Bonchev–Trinajstić information content (AvgIpc) is 2.95.